The zero-order valence-electron chi connectivity index (χ0n) is 16.7. The van der Waals surface area contributed by atoms with Crippen molar-refractivity contribution in [1.29, 1.82) is 0 Å². The molecule has 0 aliphatic heterocycles. The molecular weight excluding hydrogens is 454 g/mol. The van der Waals surface area contributed by atoms with Crippen LogP contribution in [0.1, 0.15) is 62.8 Å². The summed E-state index contributed by atoms with van der Waals surface area (Å²) in [5.74, 6) is -1.09. The first kappa shape index (κ1) is 23.1. The Morgan fingerprint density at radius 3 is 2.36 bits per heavy atom. The number of benzene rings is 1. The maximum absolute atomic E-state index is 14.7. The summed E-state index contributed by atoms with van der Waals surface area (Å²) in [5.41, 5.74) is -0.168. The van der Waals surface area contributed by atoms with Gasteiger partial charge in [0.15, 0.2) is 0 Å². The number of hydrogen-bond acceptors (Lipinski definition) is 4. The van der Waals surface area contributed by atoms with Crippen LogP contribution in [-0.2, 0) is 16.5 Å². The number of aromatic nitrogens is 1. The molecule has 0 fully saturated rings. The number of aliphatic hydroxyl groups is 1. The summed E-state index contributed by atoms with van der Waals surface area (Å²) >= 11 is 3.07. The van der Waals surface area contributed by atoms with Gasteiger partial charge in [0.25, 0.3) is 0 Å². The molecule has 2 rings (SSSR count). The minimum Gasteiger partial charge on any atom is -0.388 e. The van der Waals surface area contributed by atoms with Gasteiger partial charge in [-0.1, -0.05) is 5.16 Å². The van der Waals surface area contributed by atoms with Gasteiger partial charge in [0, 0.05) is 23.6 Å². The highest BCUT2D eigenvalue weighted by molar-refractivity contribution is 9.10. The summed E-state index contributed by atoms with van der Waals surface area (Å²) in [4.78, 5) is 0. The Kier molecular flexibility index (Phi) is 6.85. The minimum atomic E-state index is -1.58. The maximum atomic E-state index is 14.7. The highest BCUT2D eigenvalue weighted by atomic mass is 79.9. The molecule has 9 heteroatoms. The molecule has 0 amide bonds. The van der Waals surface area contributed by atoms with E-state index in [9.17, 15) is 18.1 Å². The van der Waals surface area contributed by atoms with E-state index in [0.29, 0.717) is 17.0 Å². The smallest absolute Gasteiger partial charge is 0.140 e. The fourth-order valence-corrected chi connectivity index (χ4v) is 4.22. The molecule has 2 aromatic rings. The Morgan fingerprint density at radius 2 is 1.86 bits per heavy atom. The number of hydrogen-bond donors (Lipinski definition) is 2. The first-order valence-electron chi connectivity index (χ1n) is 8.72. The molecule has 1 aromatic carbocycles. The zero-order valence-corrected chi connectivity index (χ0v) is 19.1. The van der Waals surface area contributed by atoms with E-state index in [1.807, 2.05) is 0 Å². The molecule has 5 nitrogen and oxygen atoms in total. The first-order chi connectivity index (χ1) is 12.8. The third-order valence-corrected chi connectivity index (χ3v) is 6.86. The average Bonchev–Trinajstić information content (AvgIpc) is 2.88. The standard InChI is InChI=1S/C19H25BrF2N2O3S/c1-10-17(11(2)27-23-10)16(25)9-19(6,24-28(26)18(3,4)5)12-7-13(20)15(22)8-14(12)21/h7-8,16,24-25H,9H2,1-6H3/t16-,19-,28?/m1/s1. The molecule has 1 unspecified atom stereocenters. The van der Waals surface area contributed by atoms with Gasteiger partial charge in [-0.2, -0.15) is 0 Å². The predicted molar refractivity (Wildman–Crippen MR) is 108 cm³/mol. The van der Waals surface area contributed by atoms with E-state index in [4.69, 9.17) is 4.52 Å². The molecule has 0 aliphatic carbocycles. The van der Waals surface area contributed by atoms with Gasteiger partial charge < -0.3 is 9.63 Å². The molecule has 28 heavy (non-hydrogen) atoms. The summed E-state index contributed by atoms with van der Waals surface area (Å²) in [6.07, 6.45) is -1.10. The molecule has 0 radical (unpaired) electrons. The van der Waals surface area contributed by atoms with Crippen LogP contribution < -0.4 is 4.72 Å². The fraction of sp³-hybridized carbons (Fsp3) is 0.526. The van der Waals surface area contributed by atoms with E-state index in [1.165, 1.54) is 6.07 Å². The lowest BCUT2D eigenvalue weighted by atomic mass is 9.85. The Morgan fingerprint density at radius 1 is 1.25 bits per heavy atom. The van der Waals surface area contributed by atoms with Crippen LogP contribution in [0.5, 0.6) is 0 Å². The molecule has 0 saturated carbocycles. The third-order valence-electron chi connectivity index (χ3n) is 4.50. The second kappa shape index (κ2) is 8.30. The molecule has 0 spiro atoms. The van der Waals surface area contributed by atoms with E-state index in [0.717, 1.165) is 6.07 Å². The van der Waals surface area contributed by atoms with Crippen LogP contribution in [-0.4, -0.2) is 19.2 Å². The van der Waals surface area contributed by atoms with Crippen LogP contribution in [0.4, 0.5) is 8.78 Å². The van der Waals surface area contributed by atoms with E-state index < -0.39 is 39.0 Å². The monoisotopic (exact) mass is 478 g/mol. The molecule has 0 aliphatic rings. The molecular formula is C19H25BrF2N2O3S. The number of aryl methyl sites for hydroxylation is 2. The van der Waals surface area contributed by atoms with E-state index in [2.05, 4.69) is 25.8 Å². The Balaban J connectivity index is 2.53. The number of nitrogens with one attached hydrogen (secondary N) is 1. The molecule has 3 atom stereocenters. The Labute approximate surface area is 174 Å². The van der Waals surface area contributed by atoms with Crippen LogP contribution in [0.15, 0.2) is 21.1 Å². The largest absolute Gasteiger partial charge is 0.388 e. The van der Waals surface area contributed by atoms with Crippen molar-refractivity contribution in [3.8, 4) is 0 Å². The lowest BCUT2D eigenvalue weighted by Gasteiger charge is -2.35. The zero-order chi connectivity index (χ0) is 21.4. The second-order valence-corrected chi connectivity index (χ2v) is 10.8. The van der Waals surface area contributed by atoms with Crippen LogP contribution in [0.2, 0.25) is 0 Å². The van der Waals surface area contributed by atoms with Crippen molar-refractivity contribution in [3.05, 3.63) is 50.8 Å². The van der Waals surface area contributed by atoms with E-state index >= 15 is 0 Å². The number of nitrogens with zero attached hydrogens (tertiary/aromatic N) is 1. The number of halogens is 3. The third kappa shape index (κ3) is 4.87. The van der Waals surface area contributed by atoms with Crippen molar-refractivity contribution in [2.75, 3.05) is 0 Å². The molecule has 2 N–H and O–H groups in total. The van der Waals surface area contributed by atoms with Crippen LogP contribution >= 0.6 is 15.9 Å². The normalized spacial score (nSPS) is 16.6. The predicted octanol–water partition coefficient (Wildman–Crippen LogP) is 4.72. The van der Waals surface area contributed by atoms with Crippen LogP contribution in [0.25, 0.3) is 0 Å². The van der Waals surface area contributed by atoms with Gasteiger partial charge in [0.05, 0.1) is 37.5 Å². The van der Waals surface area contributed by atoms with Gasteiger partial charge in [-0.15, -0.1) is 0 Å². The number of aliphatic hydroxyl groups excluding tert-OH is 1. The Hall–Kier alpha value is -1.16. The van der Waals surface area contributed by atoms with Gasteiger partial charge in [0.2, 0.25) is 0 Å². The summed E-state index contributed by atoms with van der Waals surface area (Å²) in [5, 5.41) is 14.7. The average molecular weight is 479 g/mol. The lowest BCUT2D eigenvalue weighted by molar-refractivity contribution is 0.129. The van der Waals surface area contributed by atoms with Gasteiger partial charge >= 0.3 is 0 Å². The van der Waals surface area contributed by atoms with Crippen LogP contribution in [0, 0.1) is 25.5 Å². The quantitative estimate of drug-likeness (QED) is 0.588. The number of rotatable bonds is 6. The molecule has 0 saturated heterocycles. The van der Waals surface area contributed by atoms with Crippen molar-refractivity contribution < 1.29 is 22.6 Å². The molecule has 156 valence electrons. The lowest BCUT2D eigenvalue weighted by Crippen LogP contribution is -2.47. The van der Waals surface area contributed by atoms with Gasteiger partial charge in [0.1, 0.15) is 17.4 Å². The minimum absolute atomic E-state index is 0.0350. The maximum Gasteiger partial charge on any atom is 0.140 e. The van der Waals surface area contributed by atoms with Crippen molar-refractivity contribution >= 4 is 26.9 Å². The molecule has 1 heterocycles. The molecule has 0 bridgehead atoms. The van der Waals surface area contributed by atoms with E-state index in [-0.39, 0.29) is 16.5 Å². The molecule has 1 aromatic heterocycles. The van der Waals surface area contributed by atoms with Crippen molar-refractivity contribution in [1.82, 2.24) is 9.88 Å². The van der Waals surface area contributed by atoms with Gasteiger partial charge in [-0.05, 0) is 63.5 Å². The topological polar surface area (TPSA) is 75.4 Å². The Bertz CT molecular complexity index is 879. The van der Waals surface area contributed by atoms with Gasteiger partial charge in [-0.3, -0.25) is 0 Å². The van der Waals surface area contributed by atoms with E-state index in [1.54, 1.807) is 41.5 Å². The SMILES string of the molecule is Cc1noc(C)c1[C@H](O)C[C@@](C)(NS(=O)C(C)(C)C)c1cc(Br)c(F)cc1F. The van der Waals surface area contributed by atoms with Crippen molar-refractivity contribution in [2.24, 2.45) is 0 Å². The van der Waals surface area contributed by atoms with Crippen LogP contribution in [0.3, 0.4) is 0 Å². The highest BCUT2D eigenvalue weighted by Crippen LogP contribution is 2.38. The highest BCUT2D eigenvalue weighted by Gasteiger charge is 2.38. The van der Waals surface area contributed by atoms with Gasteiger partial charge in [-0.25, -0.2) is 17.7 Å². The second-order valence-electron chi connectivity index (χ2n) is 8.02. The summed E-state index contributed by atoms with van der Waals surface area (Å²) < 4.78 is 48.8. The summed E-state index contributed by atoms with van der Waals surface area (Å²) in [6, 6.07) is 2.07. The van der Waals surface area contributed by atoms with Crippen molar-refractivity contribution in [3.63, 3.8) is 0 Å². The summed E-state index contributed by atoms with van der Waals surface area (Å²) in [6.45, 7) is 10.3. The summed E-state index contributed by atoms with van der Waals surface area (Å²) in [7, 11) is -1.58. The van der Waals surface area contributed by atoms with Crippen molar-refractivity contribution in [2.45, 2.75) is 64.4 Å². The fourth-order valence-electron chi connectivity index (χ4n) is 2.96. The first-order valence-corrected chi connectivity index (χ1v) is 10.7.